The second kappa shape index (κ2) is 4.11. The van der Waals surface area contributed by atoms with Gasteiger partial charge in [-0.15, -0.1) is 0 Å². The summed E-state index contributed by atoms with van der Waals surface area (Å²) in [6.45, 7) is 0. The SMILES string of the molecule is Fc1cc(-c2noc(C3CCC3)n2)ccc1Cl. The van der Waals surface area contributed by atoms with Crippen LogP contribution in [-0.2, 0) is 0 Å². The van der Waals surface area contributed by atoms with Gasteiger partial charge in [0.15, 0.2) is 0 Å². The maximum Gasteiger partial charge on any atom is 0.230 e. The molecule has 1 aliphatic carbocycles. The van der Waals surface area contributed by atoms with Gasteiger partial charge >= 0.3 is 0 Å². The highest BCUT2D eigenvalue weighted by Crippen LogP contribution is 2.36. The van der Waals surface area contributed by atoms with Gasteiger partial charge in [-0.1, -0.05) is 23.2 Å². The van der Waals surface area contributed by atoms with Crippen LogP contribution < -0.4 is 0 Å². The fraction of sp³-hybridized carbons (Fsp3) is 0.333. The summed E-state index contributed by atoms with van der Waals surface area (Å²) < 4.78 is 18.5. The van der Waals surface area contributed by atoms with Crippen molar-refractivity contribution < 1.29 is 8.91 Å². The third kappa shape index (κ3) is 1.93. The molecule has 3 rings (SSSR count). The zero-order valence-corrected chi connectivity index (χ0v) is 9.75. The molecular weight excluding hydrogens is 243 g/mol. The minimum Gasteiger partial charge on any atom is -0.339 e. The Balaban J connectivity index is 1.92. The van der Waals surface area contributed by atoms with Crippen molar-refractivity contribution >= 4 is 11.6 Å². The molecule has 3 nitrogen and oxygen atoms in total. The largest absolute Gasteiger partial charge is 0.339 e. The lowest BCUT2D eigenvalue weighted by atomic mass is 9.85. The molecule has 2 aromatic rings. The Morgan fingerprint density at radius 1 is 1.35 bits per heavy atom. The molecule has 0 atom stereocenters. The lowest BCUT2D eigenvalue weighted by Crippen LogP contribution is -2.08. The quantitative estimate of drug-likeness (QED) is 0.816. The van der Waals surface area contributed by atoms with E-state index in [4.69, 9.17) is 16.1 Å². The number of hydrogen-bond acceptors (Lipinski definition) is 3. The van der Waals surface area contributed by atoms with Gasteiger partial charge < -0.3 is 4.52 Å². The van der Waals surface area contributed by atoms with Crippen molar-refractivity contribution in [2.45, 2.75) is 25.2 Å². The van der Waals surface area contributed by atoms with E-state index in [1.165, 1.54) is 18.6 Å². The molecule has 17 heavy (non-hydrogen) atoms. The monoisotopic (exact) mass is 252 g/mol. The number of nitrogens with zero attached hydrogens (tertiary/aromatic N) is 2. The third-order valence-corrected chi connectivity index (χ3v) is 3.38. The summed E-state index contributed by atoms with van der Waals surface area (Å²) in [5, 5.41) is 3.96. The zero-order chi connectivity index (χ0) is 11.8. The summed E-state index contributed by atoms with van der Waals surface area (Å²) >= 11 is 5.62. The van der Waals surface area contributed by atoms with Gasteiger partial charge in [-0.05, 0) is 31.0 Å². The second-order valence-electron chi connectivity index (χ2n) is 4.21. The van der Waals surface area contributed by atoms with Gasteiger partial charge in [0.05, 0.1) is 5.02 Å². The van der Waals surface area contributed by atoms with Gasteiger partial charge in [-0.3, -0.25) is 0 Å². The fourth-order valence-electron chi connectivity index (χ4n) is 1.81. The Kier molecular flexibility index (Phi) is 2.59. The highest BCUT2D eigenvalue weighted by molar-refractivity contribution is 6.30. The van der Waals surface area contributed by atoms with Crippen LogP contribution >= 0.6 is 11.6 Å². The first-order valence-corrected chi connectivity index (χ1v) is 5.91. The van der Waals surface area contributed by atoms with Crippen molar-refractivity contribution in [3.8, 4) is 11.4 Å². The molecule has 0 spiro atoms. The molecule has 0 saturated heterocycles. The molecule has 0 amide bonds. The Labute approximate surface area is 103 Å². The average molecular weight is 253 g/mol. The van der Waals surface area contributed by atoms with E-state index < -0.39 is 5.82 Å². The van der Waals surface area contributed by atoms with Crippen LogP contribution in [0.5, 0.6) is 0 Å². The van der Waals surface area contributed by atoms with Gasteiger partial charge in [0.1, 0.15) is 5.82 Å². The molecule has 1 aromatic heterocycles. The maximum atomic E-state index is 13.3. The molecule has 0 bridgehead atoms. The molecule has 0 unspecified atom stereocenters. The molecule has 0 radical (unpaired) electrons. The number of benzene rings is 1. The van der Waals surface area contributed by atoms with Crippen LogP contribution in [-0.4, -0.2) is 10.1 Å². The molecule has 1 fully saturated rings. The van der Waals surface area contributed by atoms with E-state index in [9.17, 15) is 4.39 Å². The van der Waals surface area contributed by atoms with Crippen LogP contribution in [0.2, 0.25) is 5.02 Å². The Morgan fingerprint density at radius 2 is 2.18 bits per heavy atom. The highest BCUT2D eigenvalue weighted by atomic mass is 35.5. The summed E-state index contributed by atoms with van der Waals surface area (Å²) in [4.78, 5) is 4.29. The number of halogens is 2. The van der Waals surface area contributed by atoms with E-state index in [0.717, 1.165) is 12.8 Å². The third-order valence-electron chi connectivity index (χ3n) is 3.07. The van der Waals surface area contributed by atoms with Crippen LogP contribution in [0.1, 0.15) is 31.1 Å². The van der Waals surface area contributed by atoms with Crippen molar-refractivity contribution in [3.63, 3.8) is 0 Å². The Hall–Kier alpha value is -1.42. The summed E-state index contributed by atoms with van der Waals surface area (Å²) in [5.74, 6) is 0.983. The van der Waals surface area contributed by atoms with Gasteiger partial charge in [0.2, 0.25) is 11.7 Å². The van der Waals surface area contributed by atoms with E-state index in [2.05, 4.69) is 10.1 Å². The molecular formula is C12H10ClFN2O. The van der Waals surface area contributed by atoms with Crippen LogP contribution in [0.3, 0.4) is 0 Å². The lowest BCUT2D eigenvalue weighted by molar-refractivity contribution is 0.292. The van der Waals surface area contributed by atoms with Crippen LogP contribution in [0.15, 0.2) is 22.7 Å². The summed E-state index contributed by atoms with van der Waals surface area (Å²) in [6, 6.07) is 4.49. The molecule has 1 heterocycles. The summed E-state index contributed by atoms with van der Waals surface area (Å²) in [5.41, 5.74) is 0.584. The number of rotatable bonds is 2. The van der Waals surface area contributed by atoms with E-state index in [1.807, 2.05) is 0 Å². The predicted molar refractivity (Wildman–Crippen MR) is 61.3 cm³/mol. The number of hydrogen-bond donors (Lipinski definition) is 0. The summed E-state index contributed by atoms with van der Waals surface area (Å²) in [6.07, 6.45) is 3.39. The van der Waals surface area contributed by atoms with Gasteiger partial charge in [-0.2, -0.15) is 4.98 Å². The Bertz CT molecular complexity index is 551. The molecule has 1 aromatic carbocycles. The molecule has 1 aliphatic rings. The zero-order valence-electron chi connectivity index (χ0n) is 8.99. The molecule has 5 heteroatoms. The summed E-state index contributed by atoms with van der Waals surface area (Å²) in [7, 11) is 0. The van der Waals surface area contributed by atoms with Crippen LogP contribution in [0.25, 0.3) is 11.4 Å². The normalized spacial score (nSPS) is 15.9. The van der Waals surface area contributed by atoms with Gasteiger partial charge in [0.25, 0.3) is 0 Å². The smallest absolute Gasteiger partial charge is 0.230 e. The van der Waals surface area contributed by atoms with Crippen LogP contribution in [0.4, 0.5) is 4.39 Å². The van der Waals surface area contributed by atoms with E-state index in [0.29, 0.717) is 23.2 Å². The standard InChI is InChI=1S/C12H10ClFN2O/c13-9-5-4-8(6-10(9)14)11-15-12(17-16-11)7-2-1-3-7/h4-7H,1-3H2. The fourth-order valence-corrected chi connectivity index (χ4v) is 1.93. The lowest BCUT2D eigenvalue weighted by Gasteiger charge is -2.20. The number of aromatic nitrogens is 2. The van der Waals surface area contributed by atoms with Gasteiger partial charge in [0, 0.05) is 11.5 Å². The first kappa shape index (κ1) is 10.7. The molecule has 0 aliphatic heterocycles. The topological polar surface area (TPSA) is 38.9 Å². The molecule has 1 saturated carbocycles. The van der Waals surface area contributed by atoms with Crippen molar-refractivity contribution in [1.82, 2.24) is 10.1 Å². The van der Waals surface area contributed by atoms with Crippen molar-refractivity contribution in [2.24, 2.45) is 0 Å². The highest BCUT2D eigenvalue weighted by Gasteiger charge is 2.25. The Morgan fingerprint density at radius 3 is 2.82 bits per heavy atom. The van der Waals surface area contributed by atoms with E-state index >= 15 is 0 Å². The first-order valence-electron chi connectivity index (χ1n) is 5.53. The van der Waals surface area contributed by atoms with E-state index in [-0.39, 0.29) is 5.02 Å². The second-order valence-corrected chi connectivity index (χ2v) is 4.62. The minimum absolute atomic E-state index is 0.0939. The van der Waals surface area contributed by atoms with E-state index in [1.54, 1.807) is 6.07 Å². The van der Waals surface area contributed by atoms with Gasteiger partial charge in [-0.25, -0.2) is 4.39 Å². The van der Waals surface area contributed by atoms with Crippen molar-refractivity contribution in [1.29, 1.82) is 0 Å². The minimum atomic E-state index is -0.473. The predicted octanol–water partition coefficient (Wildman–Crippen LogP) is 3.80. The van der Waals surface area contributed by atoms with Crippen LogP contribution in [0, 0.1) is 5.82 Å². The average Bonchev–Trinajstić information content (AvgIpc) is 2.69. The molecule has 88 valence electrons. The van der Waals surface area contributed by atoms with Crippen molar-refractivity contribution in [3.05, 3.63) is 34.9 Å². The molecule has 0 N–H and O–H groups in total. The maximum absolute atomic E-state index is 13.3. The first-order chi connectivity index (χ1) is 8.24. The van der Waals surface area contributed by atoms with Crippen molar-refractivity contribution in [2.75, 3.05) is 0 Å².